The molecule has 114 valence electrons. The number of carbonyl (C=O) groups excluding carboxylic acids is 3. The van der Waals surface area contributed by atoms with Crippen molar-refractivity contribution in [3.05, 3.63) is 16.6 Å². The molecule has 1 aromatic heterocycles. The number of hydrogen-bond donors (Lipinski definition) is 0. The van der Waals surface area contributed by atoms with Crippen molar-refractivity contribution in [3.63, 3.8) is 0 Å². The van der Waals surface area contributed by atoms with E-state index in [-0.39, 0.29) is 5.78 Å². The second-order valence-corrected chi connectivity index (χ2v) is 6.82. The highest BCUT2D eigenvalue weighted by Crippen LogP contribution is 2.27. The Hall–Kier alpha value is -1.56. The quantitative estimate of drug-likeness (QED) is 0.618. The molecular weight excluding hydrogens is 288 g/mol. The largest absolute Gasteiger partial charge is 0.326 e. The Morgan fingerprint density at radius 1 is 1.43 bits per heavy atom. The average Bonchev–Trinajstić information content (AvgIpc) is 3.15. The van der Waals surface area contributed by atoms with E-state index in [9.17, 15) is 14.4 Å². The second-order valence-electron chi connectivity index (χ2n) is 5.92. The summed E-state index contributed by atoms with van der Waals surface area (Å²) >= 11 is 1.27. The van der Waals surface area contributed by atoms with E-state index < -0.39 is 23.1 Å². The molecule has 1 fully saturated rings. The number of thiazole rings is 1. The Morgan fingerprint density at radius 3 is 2.71 bits per heavy atom. The van der Waals surface area contributed by atoms with Crippen LogP contribution in [0, 0.1) is 5.41 Å². The predicted octanol–water partition coefficient (Wildman–Crippen LogP) is 2.32. The van der Waals surface area contributed by atoms with E-state index in [0.717, 1.165) is 6.42 Å². The molecule has 0 N–H and O–H groups in total. The number of likely N-dealkylation sites (tertiary alicyclic amines) is 1. The molecule has 1 amide bonds. The fourth-order valence-electron chi connectivity index (χ4n) is 2.35. The lowest BCUT2D eigenvalue weighted by Gasteiger charge is -2.27. The summed E-state index contributed by atoms with van der Waals surface area (Å²) in [5.41, 5.74) is -0.686. The smallest absolute Gasteiger partial charge is 0.291 e. The molecule has 0 aromatic carbocycles. The summed E-state index contributed by atoms with van der Waals surface area (Å²) in [7, 11) is 0. The van der Waals surface area contributed by atoms with E-state index in [0.29, 0.717) is 24.4 Å². The lowest BCUT2D eigenvalue weighted by molar-refractivity contribution is -0.149. The van der Waals surface area contributed by atoms with E-state index >= 15 is 0 Å². The van der Waals surface area contributed by atoms with Gasteiger partial charge >= 0.3 is 0 Å². The van der Waals surface area contributed by atoms with Crippen molar-refractivity contribution < 1.29 is 14.4 Å². The van der Waals surface area contributed by atoms with E-state index in [4.69, 9.17) is 0 Å². The summed E-state index contributed by atoms with van der Waals surface area (Å²) in [5.74, 6) is -1.10. The van der Waals surface area contributed by atoms with Gasteiger partial charge < -0.3 is 4.90 Å². The van der Waals surface area contributed by atoms with Crippen molar-refractivity contribution >= 4 is 28.8 Å². The molecule has 1 aromatic rings. The minimum atomic E-state index is -0.686. The van der Waals surface area contributed by atoms with Gasteiger partial charge in [0.25, 0.3) is 5.91 Å². The first-order valence-corrected chi connectivity index (χ1v) is 8.05. The van der Waals surface area contributed by atoms with Gasteiger partial charge in [-0.1, -0.05) is 20.8 Å². The normalized spacial score (nSPS) is 18.8. The molecule has 1 aliphatic rings. The molecule has 6 heteroatoms. The standard InChI is InChI=1S/C15H20N2O3S/c1-4-15(2,3)12(19)14(20)17-8-5-6-10(17)11(18)13-16-7-9-21-13/h7,9-10H,4-6,8H2,1-3H3. The number of Topliss-reactive ketones (excluding diaryl/α,β-unsaturated/α-hetero) is 2. The van der Waals surface area contributed by atoms with Crippen LogP contribution >= 0.6 is 11.3 Å². The maximum atomic E-state index is 12.4. The molecular formula is C15H20N2O3S. The Labute approximate surface area is 128 Å². The Balaban J connectivity index is 2.17. The molecule has 1 atom stereocenters. The van der Waals surface area contributed by atoms with E-state index in [1.807, 2.05) is 6.92 Å². The topological polar surface area (TPSA) is 67.3 Å². The third-order valence-corrected chi connectivity index (χ3v) is 4.94. The summed E-state index contributed by atoms with van der Waals surface area (Å²) in [5, 5.41) is 2.14. The predicted molar refractivity (Wildman–Crippen MR) is 80.3 cm³/mol. The minimum absolute atomic E-state index is 0.155. The van der Waals surface area contributed by atoms with Crippen molar-refractivity contribution in [3.8, 4) is 0 Å². The van der Waals surface area contributed by atoms with Gasteiger partial charge in [0.05, 0.1) is 6.04 Å². The van der Waals surface area contributed by atoms with Crippen LogP contribution in [0.4, 0.5) is 0 Å². The molecule has 0 radical (unpaired) electrons. The van der Waals surface area contributed by atoms with Gasteiger partial charge in [-0.05, 0) is 19.3 Å². The van der Waals surface area contributed by atoms with Crippen LogP contribution in [0.25, 0.3) is 0 Å². The molecule has 21 heavy (non-hydrogen) atoms. The lowest BCUT2D eigenvalue weighted by Crippen LogP contribution is -2.47. The van der Waals surface area contributed by atoms with Gasteiger partial charge in [0.1, 0.15) is 0 Å². The molecule has 0 spiro atoms. The van der Waals surface area contributed by atoms with Gasteiger partial charge in [0.2, 0.25) is 11.6 Å². The van der Waals surface area contributed by atoms with Crippen LogP contribution in [0.15, 0.2) is 11.6 Å². The second kappa shape index (κ2) is 6.05. The monoisotopic (exact) mass is 308 g/mol. The zero-order valence-corrected chi connectivity index (χ0v) is 13.4. The maximum absolute atomic E-state index is 12.4. The molecule has 1 unspecified atom stereocenters. The highest BCUT2D eigenvalue weighted by molar-refractivity contribution is 7.11. The summed E-state index contributed by atoms with van der Waals surface area (Å²) in [6.07, 6.45) is 3.51. The summed E-state index contributed by atoms with van der Waals surface area (Å²) in [4.78, 5) is 42.6. The molecule has 0 aliphatic carbocycles. The van der Waals surface area contributed by atoms with Crippen LogP contribution in [0.5, 0.6) is 0 Å². The third kappa shape index (κ3) is 3.05. The maximum Gasteiger partial charge on any atom is 0.291 e. The summed E-state index contributed by atoms with van der Waals surface area (Å²) in [6, 6.07) is -0.541. The van der Waals surface area contributed by atoms with E-state index in [1.54, 1.807) is 25.4 Å². The summed E-state index contributed by atoms with van der Waals surface area (Å²) in [6.45, 7) is 5.88. The molecule has 0 bridgehead atoms. The Bertz CT molecular complexity index is 551. The zero-order chi connectivity index (χ0) is 15.6. The van der Waals surface area contributed by atoms with Crippen molar-refractivity contribution in [1.29, 1.82) is 0 Å². The lowest BCUT2D eigenvalue weighted by atomic mass is 9.84. The number of amides is 1. The van der Waals surface area contributed by atoms with Crippen LogP contribution in [0.1, 0.15) is 49.8 Å². The highest BCUT2D eigenvalue weighted by atomic mass is 32.1. The van der Waals surface area contributed by atoms with Gasteiger partial charge in [-0.25, -0.2) is 4.98 Å². The van der Waals surface area contributed by atoms with Crippen LogP contribution in [0.2, 0.25) is 0 Å². The fraction of sp³-hybridized carbons (Fsp3) is 0.600. The van der Waals surface area contributed by atoms with Crippen molar-refractivity contribution in [2.45, 2.75) is 46.1 Å². The SMILES string of the molecule is CCC(C)(C)C(=O)C(=O)N1CCCC1C(=O)c1nccs1. The van der Waals surface area contributed by atoms with E-state index in [2.05, 4.69) is 4.98 Å². The number of rotatable bonds is 5. The van der Waals surface area contributed by atoms with E-state index in [1.165, 1.54) is 16.2 Å². The summed E-state index contributed by atoms with van der Waals surface area (Å²) < 4.78 is 0. The number of hydrogen-bond acceptors (Lipinski definition) is 5. The minimum Gasteiger partial charge on any atom is -0.326 e. The van der Waals surface area contributed by atoms with Crippen molar-refractivity contribution in [2.75, 3.05) is 6.54 Å². The van der Waals surface area contributed by atoms with Crippen LogP contribution in [-0.4, -0.2) is 39.9 Å². The molecule has 2 heterocycles. The van der Waals surface area contributed by atoms with Crippen molar-refractivity contribution in [1.82, 2.24) is 9.88 Å². The van der Waals surface area contributed by atoms with Gasteiger partial charge in [-0.3, -0.25) is 14.4 Å². The van der Waals surface area contributed by atoms with Gasteiger partial charge in [0, 0.05) is 23.5 Å². The molecule has 1 saturated heterocycles. The molecule has 1 aliphatic heterocycles. The fourth-order valence-corrected chi connectivity index (χ4v) is 2.98. The highest BCUT2D eigenvalue weighted by Gasteiger charge is 2.41. The van der Waals surface area contributed by atoms with Crippen LogP contribution in [0.3, 0.4) is 0 Å². The molecule has 0 saturated carbocycles. The Morgan fingerprint density at radius 2 is 2.14 bits per heavy atom. The average molecular weight is 308 g/mol. The molecule has 5 nitrogen and oxygen atoms in total. The first-order valence-electron chi connectivity index (χ1n) is 7.17. The van der Waals surface area contributed by atoms with Gasteiger partial charge in [0.15, 0.2) is 5.01 Å². The first kappa shape index (κ1) is 15.8. The Kier molecular flexibility index (Phi) is 4.56. The number of carbonyl (C=O) groups is 3. The van der Waals surface area contributed by atoms with Crippen molar-refractivity contribution in [2.24, 2.45) is 5.41 Å². The van der Waals surface area contributed by atoms with Gasteiger partial charge in [-0.15, -0.1) is 11.3 Å². The third-order valence-electron chi connectivity index (χ3n) is 4.15. The zero-order valence-electron chi connectivity index (χ0n) is 12.6. The van der Waals surface area contributed by atoms with Gasteiger partial charge in [-0.2, -0.15) is 0 Å². The van der Waals surface area contributed by atoms with Crippen LogP contribution < -0.4 is 0 Å². The number of aromatic nitrogens is 1. The molecule has 2 rings (SSSR count). The number of nitrogens with zero attached hydrogens (tertiary/aromatic N) is 2. The number of ketones is 2. The van der Waals surface area contributed by atoms with Crippen LogP contribution in [-0.2, 0) is 9.59 Å². The first-order chi connectivity index (χ1) is 9.88.